The summed E-state index contributed by atoms with van der Waals surface area (Å²) in [7, 11) is 0. The zero-order valence-electron chi connectivity index (χ0n) is 15.1. The molecule has 2 N–H and O–H groups in total. The lowest BCUT2D eigenvalue weighted by atomic mass is 9.84. The Morgan fingerprint density at radius 1 is 1.12 bits per heavy atom. The van der Waals surface area contributed by atoms with Gasteiger partial charge in [-0.3, -0.25) is 0 Å². The zero-order chi connectivity index (χ0) is 18.6. The Kier molecular flexibility index (Phi) is 6.35. The molecule has 140 valence electrons. The van der Waals surface area contributed by atoms with Crippen molar-refractivity contribution >= 4 is 15.9 Å². The fourth-order valence-electron chi connectivity index (χ4n) is 3.41. The van der Waals surface area contributed by atoms with Crippen molar-refractivity contribution in [3.63, 3.8) is 0 Å². The number of likely N-dealkylation sites (tertiary alicyclic amines) is 1. The summed E-state index contributed by atoms with van der Waals surface area (Å²) in [6.07, 6.45) is 0.786. The van der Waals surface area contributed by atoms with Gasteiger partial charge in [0.1, 0.15) is 18.5 Å². The number of nitrogens with zero attached hydrogens (tertiary/aromatic N) is 1. The molecule has 5 heteroatoms. The van der Waals surface area contributed by atoms with Crippen molar-refractivity contribution in [2.45, 2.75) is 31.5 Å². The Bertz CT molecular complexity index is 711. The molecule has 0 spiro atoms. The molecule has 2 aromatic carbocycles. The Labute approximate surface area is 163 Å². The van der Waals surface area contributed by atoms with Crippen LogP contribution in [-0.2, 0) is 5.60 Å². The van der Waals surface area contributed by atoms with Crippen molar-refractivity contribution in [2.24, 2.45) is 0 Å². The molecule has 1 atom stereocenters. The summed E-state index contributed by atoms with van der Waals surface area (Å²) in [5.74, 6) is 0.815. The van der Waals surface area contributed by atoms with E-state index in [0.29, 0.717) is 19.4 Å². The lowest BCUT2D eigenvalue weighted by Gasteiger charge is -2.39. The largest absolute Gasteiger partial charge is 0.491 e. The van der Waals surface area contributed by atoms with Crippen LogP contribution in [0.1, 0.15) is 24.0 Å². The highest BCUT2D eigenvalue weighted by atomic mass is 79.9. The molecule has 4 nitrogen and oxygen atoms in total. The molecule has 1 aliphatic rings. The van der Waals surface area contributed by atoms with E-state index in [9.17, 15) is 10.2 Å². The SMILES string of the molecule is Cc1ccccc1OCC(O)CN1CCC(O)(c2ccc(Br)cc2)CC1. The summed E-state index contributed by atoms with van der Waals surface area (Å²) in [6, 6.07) is 15.7. The van der Waals surface area contributed by atoms with Crippen LogP contribution in [0.3, 0.4) is 0 Å². The lowest BCUT2D eigenvalue weighted by molar-refractivity contribution is -0.0372. The van der Waals surface area contributed by atoms with Gasteiger partial charge in [-0.1, -0.05) is 46.3 Å². The molecule has 0 saturated carbocycles. The molecule has 0 amide bonds. The van der Waals surface area contributed by atoms with Gasteiger partial charge >= 0.3 is 0 Å². The predicted molar refractivity (Wildman–Crippen MR) is 106 cm³/mol. The average Bonchev–Trinajstić information content (AvgIpc) is 2.64. The first-order chi connectivity index (χ1) is 12.5. The quantitative estimate of drug-likeness (QED) is 0.752. The van der Waals surface area contributed by atoms with Gasteiger partial charge < -0.3 is 19.8 Å². The van der Waals surface area contributed by atoms with Crippen LogP contribution >= 0.6 is 15.9 Å². The predicted octanol–water partition coefficient (Wildman–Crippen LogP) is 3.48. The van der Waals surface area contributed by atoms with Gasteiger partial charge in [0.2, 0.25) is 0 Å². The third-order valence-electron chi connectivity index (χ3n) is 5.06. The molecule has 0 aromatic heterocycles. The molecule has 1 unspecified atom stereocenters. The second-order valence-electron chi connectivity index (χ2n) is 7.07. The summed E-state index contributed by atoms with van der Waals surface area (Å²) in [4.78, 5) is 2.19. The third kappa shape index (κ3) is 4.86. The van der Waals surface area contributed by atoms with Gasteiger partial charge in [0, 0.05) is 24.1 Å². The van der Waals surface area contributed by atoms with E-state index in [1.54, 1.807) is 0 Å². The summed E-state index contributed by atoms with van der Waals surface area (Å²) in [5, 5.41) is 21.2. The number of halogens is 1. The van der Waals surface area contributed by atoms with E-state index in [1.165, 1.54) is 0 Å². The first-order valence-electron chi connectivity index (χ1n) is 9.03. The van der Waals surface area contributed by atoms with Gasteiger partial charge in [0.25, 0.3) is 0 Å². The Morgan fingerprint density at radius 2 is 1.77 bits per heavy atom. The summed E-state index contributed by atoms with van der Waals surface area (Å²) in [5.41, 5.74) is 1.25. The van der Waals surface area contributed by atoms with Crippen molar-refractivity contribution in [2.75, 3.05) is 26.2 Å². The van der Waals surface area contributed by atoms with Crippen molar-refractivity contribution in [3.8, 4) is 5.75 Å². The molecule has 26 heavy (non-hydrogen) atoms. The molecule has 0 bridgehead atoms. The fraction of sp³-hybridized carbons (Fsp3) is 0.429. The molecule has 1 saturated heterocycles. The molecular weight excluding hydrogens is 394 g/mol. The summed E-state index contributed by atoms with van der Waals surface area (Å²) < 4.78 is 6.74. The van der Waals surface area contributed by atoms with Crippen LogP contribution in [0.5, 0.6) is 5.75 Å². The number of piperidine rings is 1. The Hall–Kier alpha value is -1.40. The molecule has 1 fully saturated rings. The van der Waals surface area contributed by atoms with E-state index in [0.717, 1.165) is 34.4 Å². The van der Waals surface area contributed by atoms with E-state index in [1.807, 2.05) is 55.5 Å². The topological polar surface area (TPSA) is 52.9 Å². The van der Waals surface area contributed by atoms with Crippen LogP contribution in [0.4, 0.5) is 0 Å². The first-order valence-corrected chi connectivity index (χ1v) is 9.83. The second kappa shape index (κ2) is 8.53. The number of benzene rings is 2. The minimum absolute atomic E-state index is 0.276. The maximum absolute atomic E-state index is 10.9. The van der Waals surface area contributed by atoms with Crippen molar-refractivity contribution in [1.82, 2.24) is 4.90 Å². The minimum atomic E-state index is -0.778. The van der Waals surface area contributed by atoms with E-state index < -0.39 is 11.7 Å². The standard InChI is InChI=1S/C21H26BrNO3/c1-16-4-2-3-5-20(16)26-15-19(24)14-23-12-10-21(25,11-13-23)17-6-8-18(22)9-7-17/h2-9,19,24-25H,10-15H2,1H3. The number of ether oxygens (including phenoxy) is 1. The summed E-state index contributed by atoms with van der Waals surface area (Å²) in [6.45, 7) is 4.35. The first kappa shape index (κ1) is 19.4. The van der Waals surface area contributed by atoms with Crippen molar-refractivity contribution in [3.05, 3.63) is 64.1 Å². The van der Waals surface area contributed by atoms with Gasteiger partial charge in [-0.15, -0.1) is 0 Å². The van der Waals surface area contributed by atoms with Crippen LogP contribution < -0.4 is 4.74 Å². The number of aryl methyl sites for hydroxylation is 1. The molecule has 3 rings (SSSR count). The van der Waals surface area contributed by atoms with Gasteiger partial charge in [-0.25, -0.2) is 0 Å². The number of para-hydroxylation sites is 1. The fourth-order valence-corrected chi connectivity index (χ4v) is 3.67. The van der Waals surface area contributed by atoms with E-state index >= 15 is 0 Å². The third-order valence-corrected chi connectivity index (χ3v) is 5.59. The number of β-amino-alcohol motifs (C(OH)–C–C–N with tert-alkyl or cyclic N) is 1. The minimum Gasteiger partial charge on any atom is -0.491 e. The molecule has 0 radical (unpaired) electrons. The van der Waals surface area contributed by atoms with E-state index in [4.69, 9.17) is 4.74 Å². The van der Waals surface area contributed by atoms with Crippen molar-refractivity contribution in [1.29, 1.82) is 0 Å². The molecular formula is C21H26BrNO3. The maximum atomic E-state index is 10.9. The van der Waals surface area contributed by atoms with Crippen LogP contribution in [-0.4, -0.2) is 47.5 Å². The van der Waals surface area contributed by atoms with Crippen LogP contribution in [0.2, 0.25) is 0 Å². The van der Waals surface area contributed by atoms with E-state index in [-0.39, 0.29) is 6.61 Å². The van der Waals surface area contributed by atoms with Gasteiger partial charge in [0.15, 0.2) is 0 Å². The van der Waals surface area contributed by atoms with Gasteiger partial charge in [0.05, 0.1) is 5.60 Å². The second-order valence-corrected chi connectivity index (χ2v) is 7.99. The van der Waals surface area contributed by atoms with E-state index in [2.05, 4.69) is 20.8 Å². The van der Waals surface area contributed by atoms with Gasteiger partial charge in [-0.05, 0) is 49.1 Å². The monoisotopic (exact) mass is 419 g/mol. The highest BCUT2D eigenvalue weighted by Crippen LogP contribution is 2.33. The number of rotatable bonds is 6. The van der Waals surface area contributed by atoms with Crippen LogP contribution in [0, 0.1) is 6.92 Å². The molecule has 1 aliphatic heterocycles. The molecule has 1 heterocycles. The van der Waals surface area contributed by atoms with Crippen molar-refractivity contribution < 1.29 is 14.9 Å². The maximum Gasteiger partial charge on any atom is 0.122 e. The number of aliphatic hydroxyl groups excluding tert-OH is 1. The smallest absolute Gasteiger partial charge is 0.122 e. The zero-order valence-corrected chi connectivity index (χ0v) is 16.7. The normalized spacial score (nSPS) is 18.5. The molecule has 0 aliphatic carbocycles. The van der Waals surface area contributed by atoms with Crippen LogP contribution in [0.25, 0.3) is 0 Å². The average molecular weight is 420 g/mol. The Morgan fingerprint density at radius 3 is 2.42 bits per heavy atom. The highest BCUT2D eigenvalue weighted by molar-refractivity contribution is 9.10. The van der Waals surface area contributed by atoms with Gasteiger partial charge in [-0.2, -0.15) is 0 Å². The molecule has 2 aromatic rings. The Balaban J connectivity index is 1.47. The summed E-state index contributed by atoms with van der Waals surface area (Å²) >= 11 is 3.43. The highest BCUT2D eigenvalue weighted by Gasteiger charge is 2.34. The number of aliphatic hydroxyl groups is 2. The number of hydrogen-bond donors (Lipinski definition) is 2. The lowest BCUT2D eigenvalue weighted by Crippen LogP contribution is -2.46. The van der Waals surface area contributed by atoms with Crippen LogP contribution in [0.15, 0.2) is 53.0 Å². The number of hydrogen-bond acceptors (Lipinski definition) is 4.